The van der Waals surface area contributed by atoms with Crippen LogP contribution < -0.4 is 5.32 Å². The fourth-order valence-corrected chi connectivity index (χ4v) is 1.78. The highest BCUT2D eigenvalue weighted by molar-refractivity contribution is 5.23. The number of halogens is 1. The van der Waals surface area contributed by atoms with Gasteiger partial charge in [-0.15, -0.1) is 0 Å². The van der Waals surface area contributed by atoms with Gasteiger partial charge in [-0.2, -0.15) is 0 Å². The molecule has 0 aliphatic heterocycles. The molecule has 0 radical (unpaired) electrons. The zero-order valence-corrected chi connectivity index (χ0v) is 10.3. The van der Waals surface area contributed by atoms with Gasteiger partial charge in [0.05, 0.1) is 13.2 Å². The summed E-state index contributed by atoms with van der Waals surface area (Å²) in [5.41, 5.74) is 1.84. The van der Waals surface area contributed by atoms with Crippen molar-refractivity contribution < 1.29 is 9.13 Å². The van der Waals surface area contributed by atoms with Crippen LogP contribution in [0.15, 0.2) is 18.2 Å². The summed E-state index contributed by atoms with van der Waals surface area (Å²) in [5, 5.41) is 3.40. The van der Waals surface area contributed by atoms with Gasteiger partial charge in [0.1, 0.15) is 5.82 Å². The monoisotopic (exact) mass is 237 g/mol. The fourth-order valence-electron chi connectivity index (χ4n) is 1.78. The summed E-state index contributed by atoms with van der Waals surface area (Å²) >= 11 is 0. The minimum atomic E-state index is -0.136. The van der Waals surface area contributed by atoms with Crippen LogP contribution in [-0.4, -0.2) is 25.8 Å². The first kappa shape index (κ1) is 12.5. The van der Waals surface area contributed by atoms with Crippen LogP contribution in [0.25, 0.3) is 0 Å². The van der Waals surface area contributed by atoms with Crippen LogP contribution in [0.1, 0.15) is 24.0 Å². The number of benzene rings is 1. The predicted molar refractivity (Wildman–Crippen MR) is 66.7 cm³/mol. The highest BCUT2D eigenvalue weighted by atomic mass is 19.1. The van der Waals surface area contributed by atoms with Crippen LogP contribution in [0.5, 0.6) is 0 Å². The van der Waals surface area contributed by atoms with E-state index in [9.17, 15) is 4.39 Å². The normalized spacial score (nSPS) is 15.2. The molecule has 2 nitrogen and oxygen atoms in total. The molecule has 0 heterocycles. The first-order valence-corrected chi connectivity index (χ1v) is 6.32. The molecular formula is C14H20FNO. The molecule has 3 heteroatoms. The van der Waals surface area contributed by atoms with Crippen molar-refractivity contribution in [3.8, 4) is 0 Å². The van der Waals surface area contributed by atoms with Gasteiger partial charge < -0.3 is 10.1 Å². The number of nitrogens with one attached hydrogen (secondary N) is 1. The Morgan fingerprint density at radius 3 is 2.88 bits per heavy atom. The van der Waals surface area contributed by atoms with Crippen LogP contribution in [0.3, 0.4) is 0 Å². The van der Waals surface area contributed by atoms with Crippen LogP contribution in [0.2, 0.25) is 0 Å². The third kappa shape index (κ3) is 4.44. The minimum Gasteiger partial charge on any atom is -0.380 e. The van der Waals surface area contributed by atoms with Gasteiger partial charge in [-0.05, 0) is 43.4 Å². The highest BCUT2D eigenvalue weighted by Crippen LogP contribution is 2.17. The van der Waals surface area contributed by atoms with Crippen molar-refractivity contribution in [1.82, 2.24) is 5.32 Å². The average molecular weight is 237 g/mol. The molecule has 1 aromatic carbocycles. The molecule has 0 spiro atoms. The van der Waals surface area contributed by atoms with Gasteiger partial charge >= 0.3 is 0 Å². The molecule has 1 N–H and O–H groups in total. The Kier molecular flexibility index (Phi) is 4.51. The fraction of sp³-hybridized carbons (Fsp3) is 0.571. The topological polar surface area (TPSA) is 21.3 Å². The van der Waals surface area contributed by atoms with Gasteiger partial charge in [0, 0.05) is 12.6 Å². The van der Waals surface area contributed by atoms with Gasteiger partial charge in [-0.1, -0.05) is 12.1 Å². The molecule has 0 amide bonds. The minimum absolute atomic E-state index is 0.136. The van der Waals surface area contributed by atoms with Crippen molar-refractivity contribution in [2.24, 2.45) is 0 Å². The molecule has 94 valence electrons. The second kappa shape index (κ2) is 6.12. The van der Waals surface area contributed by atoms with Crippen molar-refractivity contribution >= 4 is 0 Å². The largest absolute Gasteiger partial charge is 0.380 e. The van der Waals surface area contributed by atoms with E-state index in [1.54, 1.807) is 6.92 Å². The zero-order chi connectivity index (χ0) is 12.1. The van der Waals surface area contributed by atoms with Gasteiger partial charge in [0.2, 0.25) is 0 Å². The summed E-state index contributed by atoms with van der Waals surface area (Å²) in [6.07, 6.45) is 3.48. The number of hydrogen-bond acceptors (Lipinski definition) is 2. The van der Waals surface area contributed by atoms with E-state index in [0.717, 1.165) is 31.2 Å². The Morgan fingerprint density at radius 1 is 1.35 bits per heavy atom. The highest BCUT2D eigenvalue weighted by Gasteiger charge is 2.19. The van der Waals surface area contributed by atoms with Crippen LogP contribution in [0, 0.1) is 12.7 Å². The first-order chi connectivity index (χ1) is 8.25. The lowest BCUT2D eigenvalue weighted by molar-refractivity contribution is 0.138. The number of hydrogen-bond donors (Lipinski definition) is 1. The second-order valence-corrected chi connectivity index (χ2v) is 4.67. The number of ether oxygens (including phenoxy) is 1. The smallest absolute Gasteiger partial charge is 0.126 e. The van der Waals surface area contributed by atoms with Gasteiger partial charge in [-0.3, -0.25) is 0 Å². The molecule has 17 heavy (non-hydrogen) atoms. The lowest BCUT2D eigenvalue weighted by atomic mass is 10.1. The molecule has 1 fully saturated rings. The number of rotatable bonds is 7. The van der Waals surface area contributed by atoms with E-state index in [1.165, 1.54) is 18.9 Å². The van der Waals surface area contributed by atoms with Gasteiger partial charge in [-0.25, -0.2) is 4.39 Å². The maximum absolute atomic E-state index is 13.0. The van der Waals surface area contributed by atoms with Crippen molar-refractivity contribution in [3.63, 3.8) is 0 Å². The molecule has 0 aromatic heterocycles. The molecule has 1 aliphatic carbocycles. The maximum atomic E-state index is 13.0. The Hall–Kier alpha value is -0.930. The van der Waals surface area contributed by atoms with Crippen molar-refractivity contribution in [3.05, 3.63) is 35.1 Å². The van der Waals surface area contributed by atoms with Crippen LogP contribution >= 0.6 is 0 Å². The number of aryl methyl sites for hydroxylation is 1. The van der Waals surface area contributed by atoms with E-state index in [2.05, 4.69) is 5.32 Å². The Labute approximate surface area is 102 Å². The molecule has 1 saturated carbocycles. The van der Waals surface area contributed by atoms with E-state index < -0.39 is 0 Å². The molecule has 0 unspecified atom stereocenters. The first-order valence-electron chi connectivity index (χ1n) is 6.32. The van der Waals surface area contributed by atoms with E-state index >= 15 is 0 Å². The SMILES string of the molecule is Cc1cc(CCOCCNC2CC2)ccc1F. The Morgan fingerprint density at radius 2 is 2.18 bits per heavy atom. The van der Waals surface area contributed by atoms with E-state index in [-0.39, 0.29) is 5.82 Å². The Balaban J connectivity index is 1.58. The second-order valence-electron chi connectivity index (χ2n) is 4.67. The molecule has 0 saturated heterocycles. The molecule has 1 aromatic rings. The summed E-state index contributed by atoms with van der Waals surface area (Å²) in [7, 11) is 0. The summed E-state index contributed by atoms with van der Waals surface area (Å²) < 4.78 is 18.6. The lowest BCUT2D eigenvalue weighted by Gasteiger charge is -2.06. The third-order valence-electron chi connectivity index (χ3n) is 3.01. The molecule has 0 bridgehead atoms. The van der Waals surface area contributed by atoms with E-state index in [0.29, 0.717) is 12.2 Å². The molecular weight excluding hydrogens is 217 g/mol. The standard InChI is InChI=1S/C14H20FNO/c1-11-10-12(2-5-14(11)15)6-8-17-9-7-16-13-3-4-13/h2,5,10,13,16H,3-4,6-9H2,1H3. The predicted octanol–water partition coefficient (Wildman–Crippen LogP) is 2.45. The summed E-state index contributed by atoms with van der Waals surface area (Å²) in [4.78, 5) is 0. The molecule has 1 aliphatic rings. The van der Waals surface area contributed by atoms with Gasteiger partial charge in [0.25, 0.3) is 0 Å². The van der Waals surface area contributed by atoms with E-state index in [4.69, 9.17) is 4.74 Å². The van der Waals surface area contributed by atoms with Gasteiger partial charge in [0.15, 0.2) is 0 Å². The summed E-state index contributed by atoms with van der Waals surface area (Å²) in [5.74, 6) is -0.136. The Bertz CT molecular complexity index is 363. The summed E-state index contributed by atoms with van der Waals surface area (Å²) in [6, 6.07) is 5.99. The zero-order valence-electron chi connectivity index (χ0n) is 10.3. The quantitative estimate of drug-likeness (QED) is 0.735. The van der Waals surface area contributed by atoms with E-state index in [1.807, 2.05) is 12.1 Å². The average Bonchev–Trinajstić information content (AvgIpc) is 3.12. The third-order valence-corrected chi connectivity index (χ3v) is 3.01. The molecule has 0 atom stereocenters. The van der Waals surface area contributed by atoms with Crippen molar-refractivity contribution in [2.75, 3.05) is 19.8 Å². The summed E-state index contributed by atoms with van der Waals surface area (Å²) in [6.45, 7) is 4.19. The maximum Gasteiger partial charge on any atom is 0.126 e. The van der Waals surface area contributed by atoms with Crippen molar-refractivity contribution in [2.45, 2.75) is 32.2 Å². The lowest BCUT2D eigenvalue weighted by Crippen LogP contribution is -2.22. The van der Waals surface area contributed by atoms with Crippen LogP contribution in [-0.2, 0) is 11.2 Å². The van der Waals surface area contributed by atoms with Crippen molar-refractivity contribution in [1.29, 1.82) is 0 Å². The molecule has 2 rings (SSSR count). The van der Waals surface area contributed by atoms with Crippen LogP contribution in [0.4, 0.5) is 4.39 Å².